The van der Waals surface area contributed by atoms with Crippen LogP contribution in [0.25, 0.3) is 11.0 Å². The van der Waals surface area contributed by atoms with E-state index in [1.165, 1.54) is 18.5 Å². The van der Waals surface area contributed by atoms with Crippen molar-refractivity contribution in [3.8, 4) is 5.75 Å². The number of alkyl halides is 4. The van der Waals surface area contributed by atoms with Gasteiger partial charge in [-0.15, -0.1) is 11.6 Å². The number of rotatable bonds is 6. The maximum Gasteiger partial charge on any atom is 0.416 e. The lowest BCUT2D eigenvalue weighted by Crippen LogP contribution is -2.33. The van der Waals surface area contributed by atoms with Gasteiger partial charge in [0.15, 0.2) is 0 Å². The molecule has 0 saturated carbocycles. The van der Waals surface area contributed by atoms with Gasteiger partial charge in [-0.25, -0.2) is 9.97 Å². The number of carbonyl (C=O) groups is 1. The number of H-pyrrole nitrogens is 1. The summed E-state index contributed by atoms with van der Waals surface area (Å²) >= 11 is 12.4. The summed E-state index contributed by atoms with van der Waals surface area (Å²) in [5.74, 6) is -0.401. The molecule has 0 radical (unpaired) electrons. The van der Waals surface area contributed by atoms with Gasteiger partial charge >= 0.3 is 6.18 Å². The standard InChI is InChI=1S/C21H17Cl2F3N6O2/c1-2-34-16-7-15-14(29-20(30-15)32-18-12(22)8-27-9-13(18)23)6-11(16)19(33)31-17-5-10(3-4-28-17)21(24,25)26/h3-9,12,18H,2H2,1H3,(H,28,31,33)(H2,29,30,32). The molecule has 4 rings (SSSR count). The van der Waals surface area contributed by atoms with E-state index >= 15 is 0 Å². The maximum absolute atomic E-state index is 13.0. The fourth-order valence-corrected chi connectivity index (χ4v) is 3.80. The first-order valence-corrected chi connectivity index (χ1v) is 10.8. The van der Waals surface area contributed by atoms with Crippen molar-refractivity contribution in [1.82, 2.24) is 15.0 Å². The number of fused-ring (bicyclic) bond motifs is 1. The number of imidazole rings is 1. The number of hydrogen-bond acceptors (Lipinski definition) is 6. The number of ether oxygens (including phenoxy) is 1. The van der Waals surface area contributed by atoms with Gasteiger partial charge in [0.1, 0.15) is 11.6 Å². The van der Waals surface area contributed by atoms with Crippen LogP contribution in [0.5, 0.6) is 5.75 Å². The predicted octanol–water partition coefficient (Wildman–Crippen LogP) is 5.18. The van der Waals surface area contributed by atoms with Gasteiger partial charge in [-0.2, -0.15) is 13.2 Å². The van der Waals surface area contributed by atoms with E-state index in [-0.39, 0.29) is 23.7 Å². The number of nitrogens with zero attached hydrogens (tertiary/aromatic N) is 3. The quantitative estimate of drug-likeness (QED) is 0.394. The molecular weight excluding hydrogens is 496 g/mol. The smallest absolute Gasteiger partial charge is 0.416 e. The van der Waals surface area contributed by atoms with Gasteiger partial charge in [0.25, 0.3) is 5.91 Å². The predicted molar refractivity (Wildman–Crippen MR) is 124 cm³/mol. The highest BCUT2D eigenvalue weighted by atomic mass is 35.5. The molecule has 1 aromatic carbocycles. The Kier molecular flexibility index (Phi) is 6.67. The van der Waals surface area contributed by atoms with E-state index in [1.54, 1.807) is 13.0 Å². The summed E-state index contributed by atoms with van der Waals surface area (Å²) in [6.45, 7) is 1.98. The number of benzene rings is 1. The van der Waals surface area contributed by atoms with Crippen molar-refractivity contribution >= 4 is 58.1 Å². The van der Waals surface area contributed by atoms with Crippen molar-refractivity contribution in [2.24, 2.45) is 4.99 Å². The molecule has 3 N–H and O–H groups in total. The molecule has 0 saturated heterocycles. The summed E-state index contributed by atoms with van der Waals surface area (Å²) in [5, 5.41) is 5.35. The molecule has 8 nitrogen and oxygen atoms in total. The van der Waals surface area contributed by atoms with Gasteiger partial charge in [0, 0.05) is 24.7 Å². The van der Waals surface area contributed by atoms with Crippen molar-refractivity contribution < 1.29 is 22.7 Å². The molecule has 2 atom stereocenters. The third-order valence-electron chi connectivity index (χ3n) is 4.79. The Bertz CT molecular complexity index is 1290. The minimum atomic E-state index is -4.57. The minimum absolute atomic E-state index is 0.0849. The lowest BCUT2D eigenvalue weighted by atomic mass is 10.1. The molecule has 34 heavy (non-hydrogen) atoms. The molecule has 0 spiro atoms. The van der Waals surface area contributed by atoms with Crippen molar-refractivity contribution in [1.29, 1.82) is 0 Å². The van der Waals surface area contributed by atoms with Gasteiger partial charge in [-0.3, -0.25) is 9.79 Å². The molecule has 13 heteroatoms. The number of hydrogen-bond donors (Lipinski definition) is 3. The monoisotopic (exact) mass is 512 g/mol. The molecule has 3 aromatic rings. The number of carbonyl (C=O) groups excluding carboxylic acids is 1. The van der Waals surface area contributed by atoms with Crippen molar-refractivity contribution in [2.45, 2.75) is 24.5 Å². The zero-order valence-corrected chi connectivity index (χ0v) is 19.0. The van der Waals surface area contributed by atoms with Crippen LogP contribution in [-0.2, 0) is 6.18 Å². The van der Waals surface area contributed by atoms with Crippen molar-refractivity contribution in [2.75, 3.05) is 17.2 Å². The molecule has 1 aliphatic rings. The minimum Gasteiger partial charge on any atom is -0.493 e. The van der Waals surface area contributed by atoms with Crippen molar-refractivity contribution in [3.05, 3.63) is 52.8 Å². The Balaban J connectivity index is 1.63. The van der Waals surface area contributed by atoms with E-state index in [9.17, 15) is 18.0 Å². The third-order valence-corrected chi connectivity index (χ3v) is 5.49. The molecule has 2 unspecified atom stereocenters. The Morgan fingerprint density at radius 3 is 2.79 bits per heavy atom. The third kappa shape index (κ3) is 5.10. The summed E-state index contributed by atoms with van der Waals surface area (Å²) in [5.41, 5.74) is 0.113. The van der Waals surface area contributed by atoms with Gasteiger partial charge in [0.2, 0.25) is 5.95 Å². The average molecular weight is 513 g/mol. The number of halogens is 5. The molecule has 0 bridgehead atoms. The average Bonchev–Trinajstić information content (AvgIpc) is 3.17. The zero-order valence-electron chi connectivity index (χ0n) is 17.5. The van der Waals surface area contributed by atoms with Crippen LogP contribution in [0.2, 0.25) is 0 Å². The van der Waals surface area contributed by atoms with Crippen LogP contribution >= 0.6 is 23.2 Å². The number of pyridine rings is 1. The fourth-order valence-electron chi connectivity index (χ4n) is 3.23. The highest BCUT2D eigenvalue weighted by molar-refractivity contribution is 6.35. The summed E-state index contributed by atoms with van der Waals surface area (Å²) in [7, 11) is 0. The lowest BCUT2D eigenvalue weighted by molar-refractivity contribution is -0.137. The number of aliphatic imine (C=N–C) groups is 1. The highest BCUT2D eigenvalue weighted by Crippen LogP contribution is 2.31. The van der Waals surface area contributed by atoms with Gasteiger partial charge in [-0.05, 0) is 25.1 Å². The topological polar surface area (TPSA) is 104 Å². The van der Waals surface area contributed by atoms with Crippen LogP contribution in [0.4, 0.5) is 24.9 Å². The molecular formula is C21H17Cl2F3N6O2. The second-order valence-corrected chi connectivity index (χ2v) is 8.08. The first-order chi connectivity index (χ1) is 16.2. The second kappa shape index (κ2) is 9.51. The van der Waals surface area contributed by atoms with Crippen LogP contribution in [0, 0.1) is 0 Å². The van der Waals surface area contributed by atoms with E-state index in [2.05, 4.69) is 30.6 Å². The van der Waals surface area contributed by atoms with Crippen LogP contribution in [-0.4, -0.2) is 45.1 Å². The van der Waals surface area contributed by atoms with Crippen LogP contribution in [0.1, 0.15) is 22.8 Å². The van der Waals surface area contributed by atoms with Gasteiger partial charge in [-0.1, -0.05) is 11.6 Å². The number of nitrogens with one attached hydrogen (secondary N) is 3. The number of amides is 1. The molecule has 0 aliphatic carbocycles. The zero-order chi connectivity index (χ0) is 24.5. The molecule has 1 amide bonds. The fraction of sp³-hybridized carbons (Fsp3) is 0.238. The SMILES string of the molecule is CCOc1cc2nc(NC3C(Cl)=CN=CC3Cl)[nH]c2cc1C(=O)Nc1cc(C(F)(F)F)ccn1. The Morgan fingerprint density at radius 2 is 2.09 bits per heavy atom. The van der Waals surface area contributed by atoms with Gasteiger partial charge in [0.05, 0.1) is 45.2 Å². The van der Waals surface area contributed by atoms with E-state index in [1.807, 2.05) is 0 Å². The first-order valence-electron chi connectivity index (χ1n) is 9.96. The largest absolute Gasteiger partial charge is 0.493 e. The molecule has 3 heterocycles. The normalized spacial score (nSPS) is 18.0. The number of anilines is 2. The van der Waals surface area contributed by atoms with E-state index in [0.717, 1.165) is 18.3 Å². The maximum atomic E-state index is 13.0. The van der Waals surface area contributed by atoms with Crippen LogP contribution in [0.15, 0.2) is 46.7 Å². The van der Waals surface area contributed by atoms with Crippen molar-refractivity contribution in [3.63, 3.8) is 0 Å². The van der Waals surface area contributed by atoms with E-state index in [4.69, 9.17) is 27.9 Å². The molecule has 1 aliphatic heterocycles. The van der Waals surface area contributed by atoms with E-state index < -0.39 is 29.1 Å². The number of aromatic amines is 1. The molecule has 0 fully saturated rings. The van der Waals surface area contributed by atoms with Crippen LogP contribution in [0.3, 0.4) is 0 Å². The van der Waals surface area contributed by atoms with Crippen LogP contribution < -0.4 is 15.4 Å². The van der Waals surface area contributed by atoms with E-state index in [0.29, 0.717) is 22.0 Å². The van der Waals surface area contributed by atoms with Gasteiger partial charge < -0.3 is 20.4 Å². The summed E-state index contributed by atoms with van der Waals surface area (Å²) in [6.07, 6.45) is -0.595. The summed E-state index contributed by atoms with van der Waals surface area (Å²) in [6, 6.07) is 4.13. The molecule has 178 valence electrons. The molecule has 2 aromatic heterocycles. The highest BCUT2D eigenvalue weighted by Gasteiger charge is 2.31. The second-order valence-electron chi connectivity index (χ2n) is 7.14. The summed E-state index contributed by atoms with van der Waals surface area (Å²) < 4.78 is 44.5. The Labute approximate surface area is 201 Å². The number of aromatic nitrogens is 3. The first kappa shape index (κ1) is 23.8. The summed E-state index contributed by atoms with van der Waals surface area (Å²) in [4.78, 5) is 28.1. The Morgan fingerprint density at radius 1 is 1.29 bits per heavy atom. The lowest BCUT2D eigenvalue weighted by Gasteiger charge is -2.21. The Hall–Kier alpha value is -3.31.